The van der Waals surface area contributed by atoms with Crippen molar-refractivity contribution in [3.63, 3.8) is 0 Å². The van der Waals surface area contributed by atoms with E-state index in [1.807, 2.05) is 13.8 Å². The van der Waals surface area contributed by atoms with E-state index in [4.69, 9.17) is 0 Å². The van der Waals surface area contributed by atoms with Gasteiger partial charge >= 0.3 is 5.97 Å². The predicted molar refractivity (Wildman–Crippen MR) is 69.1 cm³/mol. The highest BCUT2D eigenvalue weighted by molar-refractivity contribution is 5.82. The number of nitrogens with zero attached hydrogens (tertiary/aromatic N) is 1. The summed E-state index contributed by atoms with van der Waals surface area (Å²) in [6.07, 6.45) is 2.61. The van der Waals surface area contributed by atoms with Crippen molar-refractivity contribution in [3.05, 3.63) is 0 Å². The van der Waals surface area contributed by atoms with Gasteiger partial charge in [0.25, 0.3) is 0 Å². The molecule has 1 saturated heterocycles. The van der Waals surface area contributed by atoms with E-state index in [0.29, 0.717) is 12.3 Å². The molecule has 0 saturated carbocycles. The zero-order chi connectivity index (χ0) is 13.5. The van der Waals surface area contributed by atoms with Gasteiger partial charge in [-0.1, -0.05) is 0 Å². The molecule has 0 aromatic rings. The first-order chi connectivity index (χ1) is 8.54. The summed E-state index contributed by atoms with van der Waals surface area (Å²) in [5.41, 5.74) is 0. The summed E-state index contributed by atoms with van der Waals surface area (Å²) in [6, 6.07) is 0.0262. The largest absolute Gasteiger partial charge is 0.468 e. The van der Waals surface area contributed by atoms with Crippen molar-refractivity contribution in [1.82, 2.24) is 10.2 Å². The maximum Gasteiger partial charge on any atom is 0.325 e. The molecule has 1 aliphatic heterocycles. The maximum absolute atomic E-state index is 12.2. The quantitative estimate of drug-likeness (QED) is 0.739. The third-order valence-corrected chi connectivity index (χ3v) is 3.39. The fraction of sp³-hybridized carbons (Fsp3) is 0.846. The Labute approximate surface area is 109 Å². The predicted octanol–water partition coefficient (Wildman–Crippen LogP) is 0.786. The van der Waals surface area contributed by atoms with Crippen LogP contribution < -0.4 is 5.32 Å². The zero-order valence-electron chi connectivity index (χ0n) is 11.6. The van der Waals surface area contributed by atoms with Crippen molar-refractivity contribution in [3.8, 4) is 0 Å². The number of nitrogens with one attached hydrogen (secondary N) is 1. The van der Waals surface area contributed by atoms with Crippen LogP contribution in [-0.2, 0) is 14.3 Å². The minimum Gasteiger partial charge on any atom is -0.468 e. The number of hydrogen-bond acceptors (Lipinski definition) is 4. The summed E-state index contributed by atoms with van der Waals surface area (Å²) < 4.78 is 4.63. The molecule has 0 radical (unpaired) electrons. The van der Waals surface area contributed by atoms with E-state index >= 15 is 0 Å². The monoisotopic (exact) mass is 256 g/mol. The van der Waals surface area contributed by atoms with E-state index in [1.54, 1.807) is 4.90 Å². The van der Waals surface area contributed by atoms with Crippen LogP contribution >= 0.6 is 0 Å². The Balaban J connectivity index is 2.50. The Morgan fingerprint density at radius 3 is 2.44 bits per heavy atom. The second-order valence-corrected chi connectivity index (χ2v) is 5.09. The molecule has 5 nitrogen and oxygen atoms in total. The number of ether oxygens (including phenoxy) is 1. The number of hydrogen-bond donors (Lipinski definition) is 1. The van der Waals surface area contributed by atoms with Crippen molar-refractivity contribution in [2.75, 3.05) is 26.7 Å². The van der Waals surface area contributed by atoms with Crippen molar-refractivity contribution < 1.29 is 14.3 Å². The number of carbonyl (C=O) groups is 2. The first kappa shape index (κ1) is 15.0. The normalized spacial score (nSPS) is 16.7. The first-order valence-electron chi connectivity index (χ1n) is 6.61. The highest BCUT2D eigenvalue weighted by Crippen LogP contribution is 2.18. The fourth-order valence-corrected chi connectivity index (χ4v) is 2.21. The summed E-state index contributed by atoms with van der Waals surface area (Å²) in [7, 11) is 1.35. The number of piperidine rings is 1. The van der Waals surface area contributed by atoms with Crippen LogP contribution in [0, 0.1) is 5.92 Å². The van der Waals surface area contributed by atoms with Crippen LogP contribution in [0.25, 0.3) is 0 Å². The highest BCUT2D eigenvalue weighted by Gasteiger charge is 2.24. The molecule has 1 N–H and O–H groups in total. The fourth-order valence-electron chi connectivity index (χ4n) is 2.21. The van der Waals surface area contributed by atoms with E-state index in [2.05, 4.69) is 10.1 Å². The van der Waals surface area contributed by atoms with Crippen LogP contribution in [0.2, 0.25) is 0 Å². The molecule has 5 heteroatoms. The second kappa shape index (κ2) is 7.36. The van der Waals surface area contributed by atoms with Gasteiger partial charge in [0, 0.05) is 12.5 Å². The molecule has 104 valence electrons. The lowest BCUT2D eigenvalue weighted by Crippen LogP contribution is -2.42. The van der Waals surface area contributed by atoms with Gasteiger partial charge in [0.2, 0.25) is 5.91 Å². The third kappa shape index (κ3) is 4.64. The number of amides is 1. The van der Waals surface area contributed by atoms with Crippen LogP contribution in [0.15, 0.2) is 0 Å². The van der Waals surface area contributed by atoms with Crippen molar-refractivity contribution in [1.29, 1.82) is 0 Å². The number of rotatable bonds is 5. The average Bonchev–Trinajstić information content (AvgIpc) is 2.36. The smallest absolute Gasteiger partial charge is 0.325 e. The van der Waals surface area contributed by atoms with Crippen LogP contribution in [0.5, 0.6) is 0 Å². The summed E-state index contributed by atoms with van der Waals surface area (Å²) in [4.78, 5) is 25.1. The molecular formula is C13H24N2O3. The Morgan fingerprint density at radius 1 is 1.33 bits per heavy atom. The molecule has 0 atom stereocenters. The van der Waals surface area contributed by atoms with Gasteiger partial charge in [0.05, 0.1) is 7.11 Å². The van der Waals surface area contributed by atoms with Crippen molar-refractivity contribution in [2.45, 2.75) is 39.2 Å². The van der Waals surface area contributed by atoms with Gasteiger partial charge in [-0.3, -0.25) is 9.59 Å². The molecule has 1 rings (SSSR count). The van der Waals surface area contributed by atoms with Gasteiger partial charge in [-0.2, -0.15) is 0 Å². The van der Waals surface area contributed by atoms with Crippen LogP contribution in [0.1, 0.15) is 33.1 Å². The molecule has 0 aromatic carbocycles. The molecule has 0 aliphatic carbocycles. The van der Waals surface area contributed by atoms with Gasteiger partial charge in [-0.25, -0.2) is 0 Å². The molecule has 1 fully saturated rings. The zero-order valence-corrected chi connectivity index (χ0v) is 11.6. The average molecular weight is 256 g/mol. The number of esters is 1. The topological polar surface area (TPSA) is 58.6 Å². The lowest BCUT2D eigenvalue weighted by atomic mass is 9.94. The summed E-state index contributed by atoms with van der Waals surface area (Å²) in [5, 5.41) is 3.28. The molecular weight excluding hydrogens is 232 g/mol. The standard InChI is InChI=1S/C13H24N2O3/c1-10(2)15(9-13(17)18-3)12(16)8-11-4-6-14-7-5-11/h10-11,14H,4-9H2,1-3H3. The summed E-state index contributed by atoms with van der Waals surface area (Å²) >= 11 is 0. The molecule has 0 spiro atoms. The second-order valence-electron chi connectivity index (χ2n) is 5.09. The Kier molecular flexibility index (Phi) is 6.12. The first-order valence-corrected chi connectivity index (χ1v) is 6.61. The van der Waals surface area contributed by atoms with Crippen LogP contribution in [0.3, 0.4) is 0 Å². The van der Waals surface area contributed by atoms with Gasteiger partial charge in [0.1, 0.15) is 6.54 Å². The van der Waals surface area contributed by atoms with E-state index in [-0.39, 0.29) is 24.5 Å². The molecule has 18 heavy (non-hydrogen) atoms. The van der Waals surface area contributed by atoms with Gasteiger partial charge in [-0.05, 0) is 45.7 Å². The molecule has 1 amide bonds. The van der Waals surface area contributed by atoms with Crippen molar-refractivity contribution in [2.24, 2.45) is 5.92 Å². The van der Waals surface area contributed by atoms with Crippen molar-refractivity contribution >= 4 is 11.9 Å². The summed E-state index contributed by atoms with van der Waals surface area (Å²) in [5.74, 6) is 0.141. The van der Waals surface area contributed by atoms with Gasteiger partial charge in [-0.15, -0.1) is 0 Å². The van der Waals surface area contributed by atoms with E-state index < -0.39 is 0 Å². The van der Waals surface area contributed by atoms with Crippen LogP contribution in [0.4, 0.5) is 0 Å². The van der Waals surface area contributed by atoms with E-state index in [0.717, 1.165) is 25.9 Å². The molecule has 1 heterocycles. The Morgan fingerprint density at radius 2 is 1.94 bits per heavy atom. The molecule has 0 aromatic heterocycles. The molecule has 1 aliphatic rings. The minimum atomic E-state index is -0.359. The lowest BCUT2D eigenvalue weighted by molar-refractivity contribution is -0.148. The highest BCUT2D eigenvalue weighted by atomic mass is 16.5. The molecule has 0 unspecified atom stereocenters. The van der Waals surface area contributed by atoms with Crippen LogP contribution in [-0.4, -0.2) is 49.6 Å². The molecule has 0 bridgehead atoms. The SMILES string of the molecule is COC(=O)CN(C(=O)CC1CCNCC1)C(C)C. The lowest BCUT2D eigenvalue weighted by Gasteiger charge is -2.29. The minimum absolute atomic E-state index is 0.0262. The number of carbonyl (C=O) groups excluding carboxylic acids is 2. The van der Waals surface area contributed by atoms with E-state index in [9.17, 15) is 9.59 Å². The maximum atomic E-state index is 12.2. The van der Waals surface area contributed by atoms with Gasteiger partial charge in [0.15, 0.2) is 0 Å². The number of methoxy groups -OCH3 is 1. The van der Waals surface area contributed by atoms with E-state index in [1.165, 1.54) is 7.11 Å². The Hall–Kier alpha value is -1.10. The Bertz CT molecular complexity index is 286. The summed E-state index contributed by atoms with van der Waals surface area (Å²) in [6.45, 7) is 5.86. The third-order valence-electron chi connectivity index (χ3n) is 3.39. The van der Waals surface area contributed by atoms with Gasteiger partial charge < -0.3 is 15.0 Å².